The number of likely N-dealkylation sites (tertiary alicyclic amines) is 1. The molecule has 1 aliphatic carbocycles. The van der Waals surface area contributed by atoms with Crippen LogP contribution in [0.15, 0.2) is 42.0 Å². The number of nitrogens with zero attached hydrogens (tertiary/aromatic N) is 2. The molecule has 0 radical (unpaired) electrons. The molecule has 6 heteroatoms. The Hall–Kier alpha value is -3.07. The second kappa shape index (κ2) is 7.88. The number of amides is 1. The number of ether oxygens (including phenoxy) is 2. The standard InChI is InChI=1S/C25H28N2O4/c1-24(2,3)31-23(29)27-11-5-10-25(16-27)14-21(28)20-13-19(8-9-22(20)30-25)18-7-4-6-17(12-18)15-26/h4,6,8-9,12-13,18H,5,7,10-11,14,16H2,1-3H3. The van der Waals surface area contributed by atoms with Gasteiger partial charge in [-0.25, -0.2) is 4.79 Å². The molecular formula is C25H28N2O4. The van der Waals surface area contributed by atoms with Gasteiger partial charge in [-0.2, -0.15) is 5.26 Å². The van der Waals surface area contributed by atoms with Crippen LogP contribution in [0.4, 0.5) is 4.79 Å². The smallest absolute Gasteiger partial charge is 0.410 e. The summed E-state index contributed by atoms with van der Waals surface area (Å²) in [6, 6.07) is 7.90. The van der Waals surface area contributed by atoms with Crippen LogP contribution in [0.5, 0.6) is 5.75 Å². The van der Waals surface area contributed by atoms with Gasteiger partial charge in [-0.3, -0.25) is 4.79 Å². The van der Waals surface area contributed by atoms with E-state index in [2.05, 4.69) is 6.07 Å². The first-order valence-corrected chi connectivity index (χ1v) is 10.8. The first kappa shape index (κ1) is 21.2. The van der Waals surface area contributed by atoms with Crippen molar-refractivity contribution in [3.8, 4) is 11.8 Å². The topological polar surface area (TPSA) is 79.6 Å². The van der Waals surface area contributed by atoms with Gasteiger partial charge in [0.05, 0.1) is 24.6 Å². The third-order valence-electron chi connectivity index (χ3n) is 5.93. The molecule has 1 amide bonds. The summed E-state index contributed by atoms with van der Waals surface area (Å²) in [5, 5.41) is 9.17. The van der Waals surface area contributed by atoms with Crippen molar-refractivity contribution in [1.29, 1.82) is 5.26 Å². The summed E-state index contributed by atoms with van der Waals surface area (Å²) in [6.07, 6.45) is 7.92. The Bertz CT molecular complexity index is 1010. The van der Waals surface area contributed by atoms with Crippen LogP contribution in [0.1, 0.15) is 68.3 Å². The molecule has 2 atom stereocenters. The van der Waals surface area contributed by atoms with Crippen molar-refractivity contribution in [3.63, 3.8) is 0 Å². The molecule has 3 aliphatic rings. The molecule has 1 spiro atoms. The number of allylic oxidation sites excluding steroid dienone is 4. The summed E-state index contributed by atoms with van der Waals surface area (Å²) in [4.78, 5) is 27.3. The predicted molar refractivity (Wildman–Crippen MR) is 116 cm³/mol. The van der Waals surface area contributed by atoms with Crippen LogP contribution < -0.4 is 4.74 Å². The molecule has 4 rings (SSSR count). The van der Waals surface area contributed by atoms with E-state index in [1.807, 2.05) is 57.2 Å². The van der Waals surface area contributed by atoms with E-state index in [1.165, 1.54) is 0 Å². The Kier molecular flexibility index (Phi) is 5.38. The monoisotopic (exact) mass is 420 g/mol. The van der Waals surface area contributed by atoms with Crippen LogP contribution in [0.2, 0.25) is 0 Å². The number of rotatable bonds is 1. The van der Waals surface area contributed by atoms with Gasteiger partial charge in [0.25, 0.3) is 0 Å². The van der Waals surface area contributed by atoms with Crippen molar-refractivity contribution < 1.29 is 19.1 Å². The third kappa shape index (κ3) is 4.51. The molecule has 0 N–H and O–H groups in total. The Labute approximate surface area is 183 Å². The number of ketones is 1. The maximum atomic E-state index is 13.1. The number of benzene rings is 1. The fourth-order valence-corrected chi connectivity index (χ4v) is 4.54. The Morgan fingerprint density at radius 1 is 1.35 bits per heavy atom. The van der Waals surface area contributed by atoms with Gasteiger partial charge >= 0.3 is 6.09 Å². The summed E-state index contributed by atoms with van der Waals surface area (Å²) in [5.41, 5.74) is 0.950. The van der Waals surface area contributed by atoms with Crippen LogP contribution >= 0.6 is 0 Å². The molecule has 2 heterocycles. The molecule has 0 saturated carbocycles. The molecule has 1 fully saturated rings. The van der Waals surface area contributed by atoms with Crippen molar-refractivity contribution >= 4 is 11.9 Å². The van der Waals surface area contributed by atoms with Gasteiger partial charge in [0.1, 0.15) is 17.0 Å². The quantitative estimate of drug-likeness (QED) is 0.645. The number of hydrogen-bond donors (Lipinski definition) is 0. The highest BCUT2D eigenvalue weighted by Crippen LogP contribution is 2.40. The maximum Gasteiger partial charge on any atom is 0.410 e. The van der Waals surface area contributed by atoms with Crippen LogP contribution in [0.25, 0.3) is 0 Å². The zero-order valence-electron chi connectivity index (χ0n) is 18.3. The molecule has 1 saturated heterocycles. The van der Waals surface area contributed by atoms with E-state index < -0.39 is 11.2 Å². The fourth-order valence-electron chi connectivity index (χ4n) is 4.54. The minimum Gasteiger partial charge on any atom is -0.484 e. The molecule has 1 aromatic rings. The minimum absolute atomic E-state index is 0.0324. The van der Waals surface area contributed by atoms with Crippen LogP contribution in [0, 0.1) is 11.3 Å². The average molecular weight is 421 g/mol. The zero-order valence-corrected chi connectivity index (χ0v) is 18.3. The highest BCUT2D eigenvalue weighted by atomic mass is 16.6. The van der Waals surface area contributed by atoms with Gasteiger partial charge in [0.2, 0.25) is 0 Å². The number of hydrogen-bond acceptors (Lipinski definition) is 5. The fraction of sp³-hybridized carbons (Fsp3) is 0.480. The predicted octanol–water partition coefficient (Wildman–Crippen LogP) is 4.91. The van der Waals surface area contributed by atoms with Gasteiger partial charge in [-0.15, -0.1) is 0 Å². The largest absolute Gasteiger partial charge is 0.484 e. The summed E-state index contributed by atoms with van der Waals surface area (Å²) < 4.78 is 11.9. The van der Waals surface area contributed by atoms with E-state index in [9.17, 15) is 14.9 Å². The van der Waals surface area contributed by atoms with Crippen molar-refractivity contribution in [2.24, 2.45) is 0 Å². The Morgan fingerprint density at radius 2 is 2.16 bits per heavy atom. The summed E-state index contributed by atoms with van der Waals surface area (Å²) >= 11 is 0. The minimum atomic E-state index is -0.706. The van der Waals surface area contributed by atoms with E-state index in [-0.39, 0.29) is 24.2 Å². The van der Waals surface area contributed by atoms with Crippen molar-refractivity contribution in [3.05, 3.63) is 53.1 Å². The molecule has 31 heavy (non-hydrogen) atoms. The Balaban J connectivity index is 1.54. The Morgan fingerprint density at radius 3 is 2.90 bits per heavy atom. The second-order valence-corrected chi connectivity index (χ2v) is 9.62. The van der Waals surface area contributed by atoms with Crippen LogP contribution in [-0.4, -0.2) is 41.1 Å². The highest BCUT2D eigenvalue weighted by Gasteiger charge is 2.45. The van der Waals surface area contributed by atoms with Gasteiger partial charge in [-0.05, 0) is 63.8 Å². The number of fused-ring (bicyclic) bond motifs is 1. The summed E-state index contributed by atoms with van der Waals surface area (Å²) in [5.74, 6) is 0.679. The van der Waals surface area contributed by atoms with Crippen molar-refractivity contribution in [2.75, 3.05) is 13.1 Å². The maximum absolute atomic E-state index is 13.1. The van der Waals surface area contributed by atoms with Gasteiger partial charge in [0.15, 0.2) is 5.78 Å². The van der Waals surface area contributed by atoms with Crippen LogP contribution in [0.3, 0.4) is 0 Å². The van der Waals surface area contributed by atoms with E-state index in [1.54, 1.807) is 4.90 Å². The third-order valence-corrected chi connectivity index (χ3v) is 5.93. The van der Waals surface area contributed by atoms with Crippen molar-refractivity contribution in [2.45, 2.75) is 63.6 Å². The second-order valence-electron chi connectivity index (χ2n) is 9.62. The zero-order chi connectivity index (χ0) is 22.2. The number of nitriles is 1. The molecule has 0 aromatic heterocycles. The van der Waals surface area contributed by atoms with Gasteiger partial charge < -0.3 is 14.4 Å². The number of carbonyl (C=O) groups excluding carboxylic acids is 2. The summed E-state index contributed by atoms with van der Waals surface area (Å²) in [6.45, 7) is 6.47. The lowest BCUT2D eigenvalue weighted by atomic mass is 9.82. The van der Waals surface area contributed by atoms with E-state index in [0.29, 0.717) is 30.0 Å². The SMILES string of the molecule is CC(C)(C)OC(=O)N1CCCC2(CC(=O)c3cc(C4C=C(C#N)C=CC4)ccc3O2)C1. The average Bonchev–Trinajstić information content (AvgIpc) is 2.72. The number of carbonyl (C=O) groups is 2. The molecule has 162 valence electrons. The number of Topliss-reactive ketones (excluding diaryl/α,β-unsaturated/α-hetero) is 1. The molecule has 6 nitrogen and oxygen atoms in total. The van der Waals surface area contributed by atoms with Crippen LogP contribution in [-0.2, 0) is 4.74 Å². The first-order valence-electron chi connectivity index (χ1n) is 10.8. The molecule has 2 aliphatic heterocycles. The summed E-state index contributed by atoms with van der Waals surface area (Å²) in [7, 11) is 0. The van der Waals surface area contributed by atoms with E-state index in [0.717, 1.165) is 24.8 Å². The highest BCUT2D eigenvalue weighted by molar-refractivity contribution is 6.00. The number of piperidine rings is 1. The lowest BCUT2D eigenvalue weighted by Crippen LogP contribution is -2.56. The van der Waals surface area contributed by atoms with Gasteiger partial charge in [-0.1, -0.05) is 18.2 Å². The lowest BCUT2D eigenvalue weighted by Gasteiger charge is -2.44. The van der Waals surface area contributed by atoms with E-state index in [4.69, 9.17) is 9.47 Å². The normalized spacial score (nSPS) is 25.4. The molecule has 0 bridgehead atoms. The van der Waals surface area contributed by atoms with Gasteiger partial charge in [0, 0.05) is 18.0 Å². The molecule has 2 unspecified atom stereocenters. The van der Waals surface area contributed by atoms with Crippen molar-refractivity contribution in [1.82, 2.24) is 4.90 Å². The molecule has 1 aromatic carbocycles. The lowest BCUT2D eigenvalue weighted by molar-refractivity contribution is -0.0334. The molecular weight excluding hydrogens is 392 g/mol. The first-order chi connectivity index (χ1) is 14.7. The van der Waals surface area contributed by atoms with E-state index >= 15 is 0 Å².